The van der Waals surface area contributed by atoms with Crippen molar-refractivity contribution in [3.63, 3.8) is 0 Å². The van der Waals surface area contributed by atoms with Gasteiger partial charge in [-0.25, -0.2) is 0 Å². The Bertz CT molecular complexity index is 1150. The maximum absolute atomic E-state index is 13.1. The minimum Gasteiger partial charge on any atom is -0.444 e. The zero-order valence-corrected chi connectivity index (χ0v) is 21.4. The van der Waals surface area contributed by atoms with Crippen LogP contribution < -0.4 is 4.90 Å². The van der Waals surface area contributed by atoms with Gasteiger partial charge in [-0.2, -0.15) is 0 Å². The topological polar surface area (TPSA) is 36.7 Å². The van der Waals surface area contributed by atoms with E-state index in [0.717, 1.165) is 23.1 Å². The molecule has 1 amide bonds. The van der Waals surface area contributed by atoms with E-state index < -0.39 is 0 Å². The summed E-state index contributed by atoms with van der Waals surface area (Å²) in [6, 6.07) is 16.9. The number of carbonyl (C=O) groups excluding carboxylic acids is 1. The third kappa shape index (κ3) is 5.30. The second-order valence-electron chi connectivity index (χ2n) is 10.0. The lowest BCUT2D eigenvalue weighted by Crippen LogP contribution is -2.49. The molecule has 2 heterocycles. The van der Waals surface area contributed by atoms with Crippen LogP contribution in [0.1, 0.15) is 53.6 Å². The van der Waals surface area contributed by atoms with Crippen LogP contribution in [0.25, 0.3) is 0 Å². The Kier molecular flexibility index (Phi) is 6.62. The second kappa shape index (κ2) is 9.30. The Morgan fingerprint density at radius 3 is 2.27 bits per heavy atom. The summed E-state index contributed by atoms with van der Waals surface area (Å²) in [5.41, 5.74) is 6.40. The number of rotatable bonds is 4. The summed E-state index contributed by atoms with van der Waals surface area (Å²) in [5.74, 6) is 0.393. The van der Waals surface area contributed by atoms with Crippen LogP contribution in [0.4, 0.5) is 5.69 Å². The average molecular weight is 463 g/mol. The largest absolute Gasteiger partial charge is 0.444 e. The van der Waals surface area contributed by atoms with Gasteiger partial charge in [0, 0.05) is 36.8 Å². The van der Waals surface area contributed by atoms with Gasteiger partial charge in [-0.1, -0.05) is 56.8 Å². The number of hydrogen-bond acceptors (Lipinski definition) is 4. The molecular formula is C28H34N2O2S. The Hall–Kier alpha value is -2.66. The molecule has 3 aromatic rings. The highest BCUT2D eigenvalue weighted by atomic mass is 32.2. The lowest BCUT2D eigenvalue weighted by molar-refractivity contribution is 0.0709. The normalized spacial score (nSPS) is 14.6. The van der Waals surface area contributed by atoms with Crippen molar-refractivity contribution in [3.8, 4) is 0 Å². The maximum atomic E-state index is 13.1. The first kappa shape index (κ1) is 23.5. The quantitative estimate of drug-likeness (QED) is 0.437. The molecular weight excluding hydrogens is 428 g/mol. The van der Waals surface area contributed by atoms with Gasteiger partial charge >= 0.3 is 0 Å². The van der Waals surface area contributed by atoms with Gasteiger partial charge < -0.3 is 14.2 Å². The number of benzene rings is 2. The first-order valence-corrected chi connectivity index (χ1v) is 12.4. The first-order valence-electron chi connectivity index (χ1n) is 11.6. The third-order valence-electron chi connectivity index (χ3n) is 6.33. The summed E-state index contributed by atoms with van der Waals surface area (Å²) in [7, 11) is 0. The van der Waals surface area contributed by atoms with Crippen LogP contribution in [0.2, 0.25) is 0 Å². The van der Waals surface area contributed by atoms with E-state index in [4.69, 9.17) is 4.42 Å². The molecule has 33 heavy (non-hydrogen) atoms. The van der Waals surface area contributed by atoms with Gasteiger partial charge in [-0.15, -0.1) is 0 Å². The minimum atomic E-state index is -0.0253. The van der Waals surface area contributed by atoms with Crippen molar-refractivity contribution in [3.05, 3.63) is 76.5 Å². The van der Waals surface area contributed by atoms with Gasteiger partial charge in [-0.3, -0.25) is 4.79 Å². The minimum absolute atomic E-state index is 0.0253. The SMILES string of the molecule is Cc1ccc(C)c(N2CCN(C(=O)c3ccc(Sc4cc(C(C)(C)C)ccc4C)o3)CC2)c1. The van der Waals surface area contributed by atoms with Gasteiger partial charge in [-0.05, 0) is 72.7 Å². The third-order valence-corrected chi connectivity index (χ3v) is 7.41. The van der Waals surface area contributed by atoms with Crippen LogP contribution in [0.5, 0.6) is 0 Å². The number of hydrogen-bond donors (Lipinski definition) is 0. The predicted octanol–water partition coefficient (Wildman–Crippen LogP) is 6.62. The molecule has 1 aliphatic heterocycles. The molecule has 174 valence electrons. The van der Waals surface area contributed by atoms with Crippen LogP contribution in [0.15, 0.2) is 62.9 Å². The van der Waals surface area contributed by atoms with E-state index in [1.165, 1.54) is 27.9 Å². The lowest BCUT2D eigenvalue weighted by atomic mass is 9.87. The number of carbonyl (C=O) groups is 1. The van der Waals surface area contributed by atoms with Gasteiger partial charge in [0.1, 0.15) is 0 Å². The molecule has 0 spiro atoms. The molecule has 4 rings (SSSR count). The van der Waals surface area contributed by atoms with E-state index in [2.05, 4.69) is 82.8 Å². The highest BCUT2D eigenvalue weighted by Crippen LogP contribution is 2.35. The van der Waals surface area contributed by atoms with Crippen LogP contribution in [-0.4, -0.2) is 37.0 Å². The molecule has 0 bridgehead atoms. The fourth-order valence-corrected chi connectivity index (χ4v) is 5.04. The summed E-state index contributed by atoms with van der Waals surface area (Å²) in [4.78, 5) is 18.5. The van der Waals surface area contributed by atoms with Crippen LogP contribution in [0.3, 0.4) is 0 Å². The molecule has 0 N–H and O–H groups in total. The van der Waals surface area contributed by atoms with Gasteiger partial charge in [0.15, 0.2) is 10.9 Å². The Morgan fingerprint density at radius 1 is 0.879 bits per heavy atom. The van der Waals surface area contributed by atoms with E-state index in [1.54, 1.807) is 11.8 Å². The fraction of sp³-hybridized carbons (Fsp3) is 0.393. The number of amides is 1. The molecule has 1 aromatic heterocycles. The zero-order valence-electron chi connectivity index (χ0n) is 20.6. The lowest BCUT2D eigenvalue weighted by Gasteiger charge is -2.36. The summed E-state index contributed by atoms with van der Waals surface area (Å²) in [6.07, 6.45) is 0. The van der Waals surface area contributed by atoms with Gasteiger partial charge in [0.05, 0.1) is 0 Å². The zero-order chi connectivity index (χ0) is 23.8. The molecule has 1 fully saturated rings. The van der Waals surface area contributed by atoms with Crippen molar-refractivity contribution < 1.29 is 9.21 Å². The molecule has 0 atom stereocenters. The smallest absolute Gasteiger partial charge is 0.289 e. The number of nitrogens with zero attached hydrogens (tertiary/aromatic N) is 2. The van der Waals surface area contributed by atoms with Crippen molar-refractivity contribution in [2.75, 3.05) is 31.1 Å². The van der Waals surface area contributed by atoms with Gasteiger partial charge in [0.25, 0.3) is 5.91 Å². The van der Waals surface area contributed by atoms with Crippen molar-refractivity contribution in [1.82, 2.24) is 4.90 Å². The van der Waals surface area contributed by atoms with Crippen molar-refractivity contribution in [2.45, 2.75) is 56.9 Å². The molecule has 4 nitrogen and oxygen atoms in total. The summed E-state index contributed by atoms with van der Waals surface area (Å²) < 4.78 is 5.99. The van der Waals surface area contributed by atoms with Gasteiger partial charge in [0.2, 0.25) is 0 Å². The van der Waals surface area contributed by atoms with Crippen LogP contribution in [-0.2, 0) is 5.41 Å². The average Bonchev–Trinajstić information content (AvgIpc) is 3.24. The highest BCUT2D eigenvalue weighted by Gasteiger charge is 2.25. The second-order valence-corrected chi connectivity index (χ2v) is 11.1. The van der Waals surface area contributed by atoms with Crippen LogP contribution in [0, 0.1) is 20.8 Å². The first-order chi connectivity index (χ1) is 15.6. The van der Waals surface area contributed by atoms with E-state index in [1.807, 2.05) is 17.0 Å². The molecule has 0 radical (unpaired) electrons. The summed E-state index contributed by atoms with van der Waals surface area (Å²) in [5, 5.41) is 0.751. The molecule has 5 heteroatoms. The van der Waals surface area contributed by atoms with Crippen molar-refractivity contribution >= 4 is 23.4 Å². The van der Waals surface area contributed by atoms with Crippen LogP contribution >= 0.6 is 11.8 Å². The Morgan fingerprint density at radius 2 is 1.58 bits per heavy atom. The summed E-state index contributed by atoms with van der Waals surface area (Å²) >= 11 is 1.58. The standard InChI is InChI=1S/C28H34N2O2S/c1-19-7-8-20(2)23(17-19)29-13-15-30(16-14-29)27(31)24-11-12-26(32-24)33-25-18-22(28(4,5)6)10-9-21(25)3/h7-12,17-18H,13-16H2,1-6H3. The number of piperazine rings is 1. The summed E-state index contributed by atoms with van der Waals surface area (Å²) in [6.45, 7) is 16.1. The molecule has 0 aliphatic carbocycles. The fourth-order valence-electron chi connectivity index (χ4n) is 4.14. The maximum Gasteiger partial charge on any atom is 0.289 e. The molecule has 2 aromatic carbocycles. The molecule has 0 saturated carbocycles. The number of furan rings is 1. The molecule has 0 unspecified atom stereocenters. The highest BCUT2D eigenvalue weighted by molar-refractivity contribution is 7.99. The van der Waals surface area contributed by atoms with E-state index in [-0.39, 0.29) is 11.3 Å². The number of anilines is 1. The monoisotopic (exact) mass is 462 g/mol. The molecule has 1 aliphatic rings. The van der Waals surface area contributed by atoms with Crippen molar-refractivity contribution in [2.24, 2.45) is 0 Å². The van der Waals surface area contributed by atoms with E-state index in [0.29, 0.717) is 18.8 Å². The molecule has 1 saturated heterocycles. The van der Waals surface area contributed by atoms with Crippen molar-refractivity contribution in [1.29, 1.82) is 0 Å². The number of aryl methyl sites for hydroxylation is 3. The Balaban J connectivity index is 1.41. The Labute approximate surface area is 202 Å². The predicted molar refractivity (Wildman–Crippen MR) is 137 cm³/mol. The van der Waals surface area contributed by atoms with E-state index in [9.17, 15) is 4.79 Å². The van der Waals surface area contributed by atoms with E-state index >= 15 is 0 Å².